The van der Waals surface area contributed by atoms with E-state index in [-0.39, 0.29) is 11.8 Å². The summed E-state index contributed by atoms with van der Waals surface area (Å²) in [6.45, 7) is 6.87. The zero-order valence-corrected chi connectivity index (χ0v) is 13.0. The smallest absolute Gasteiger partial charge is 0.248 e. The van der Waals surface area contributed by atoms with E-state index in [1.807, 2.05) is 20.8 Å². The Morgan fingerprint density at radius 2 is 2.10 bits per heavy atom. The fraction of sp³-hybridized carbons (Fsp3) is 0.643. The predicted molar refractivity (Wildman–Crippen MR) is 78.3 cm³/mol. The highest BCUT2D eigenvalue weighted by atomic mass is 32.1. The second-order valence-electron chi connectivity index (χ2n) is 5.18. The molecule has 2 rings (SSSR count). The van der Waals surface area contributed by atoms with Gasteiger partial charge in [-0.25, -0.2) is 4.98 Å². The topological polar surface area (TPSA) is 62.3 Å². The van der Waals surface area contributed by atoms with Gasteiger partial charge in [-0.1, -0.05) is 13.8 Å². The number of nitrogens with one attached hydrogen (secondary N) is 1. The van der Waals surface area contributed by atoms with Gasteiger partial charge in [0, 0.05) is 17.8 Å². The molecular weight excluding hydrogens is 274 g/mol. The Morgan fingerprint density at radius 1 is 1.40 bits per heavy atom. The molecule has 20 heavy (non-hydrogen) atoms. The molecule has 1 aliphatic heterocycles. The van der Waals surface area contributed by atoms with Gasteiger partial charge in [-0.3, -0.25) is 9.59 Å². The van der Waals surface area contributed by atoms with Crippen molar-refractivity contribution in [3.8, 4) is 0 Å². The highest BCUT2D eigenvalue weighted by Gasteiger charge is 2.41. The minimum absolute atomic E-state index is 0.0288. The lowest BCUT2D eigenvalue weighted by Gasteiger charge is -2.33. The van der Waals surface area contributed by atoms with Crippen LogP contribution in [0.2, 0.25) is 0 Å². The highest BCUT2D eigenvalue weighted by Crippen LogP contribution is 2.24. The summed E-state index contributed by atoms with van der Waals surface area (Å²) in [6, 6.07) is 0. The van der Waals surface area contributed by atoms with Gasteiger partial charge in [0.2, 0.25) is 11.8 Å². The van der Waals surface area contributed by atoms with Crippen LogP contribution in [0.25, 0.3) is 0 Å². The molecule has 6 heteroatoms. The van der Waals surface area contributed by atoms with Crippen molar-refractivity contribution < 1.29 is 9.59 Å². The van der Waals surface area contributed by atoms with Crippen molar-refractivity contribution in [3.63, 3.8) is 0 Å². The Kier molecular flexibility index (Phi) is 4.42. The van der Waals surface area contributed by atoms with Crippen molar-refractivity contribution in [2.24, 2.45) is 0 Å². The molecule has 2 heterocycles. The number of carbonyl (C=O) groups excluding carboxylic acids is 2. The standard InChI is InChI=1S/C14H21N3O2S/c1-4-14(5-2)13(19)17(7-6-12(18)16-14)8-11-10(3)15-9-20-11/h9H,4-8H2,1-3H3,(H,16,18). The minimum atomic E-state index is -0.744. The first-order valence-electron chi connectivity index (χ1n) is 7.01. The predicted octanol–water partition coefficient (Wildman–Crippen LogP) is 1.86. The molecule has 5 nitrogen and oxygen atoms in total. The van der Waals surface area contributed by atoms with E-state index in [1.54, 1.807) is 21.7 Å². The summed E-state index contributed by atoms with van der Waals surface area (Å²) in [6.07, 6.45) is 1.60. The van der Waals surface area contributed by atoms with Crippen LogP contribution in [0.3, 0.4) is 0 Å². The number of nitrogens with zero attached hydrogens (tertiary/aromatic N) is 2. The Bertz CT molecular complexity index is 508. The zero-order valence-electron chi connectivity index (χ0n) is 12.2. The van der Waals surface area contributed by atoms with E-state index in [2.05, 4.69) is 10.3 Å². The second-order valence-corrected chi connectivity index (χ2v) is 6.11. The monoisotopic (exact) mass is 295 g/mol. The molecule has 0 bridgehead atoms. The highest BCUT2D eigenvalue weighted by molar-refractivity contribution is 7.09. The van der Waals surface area contributed by atoms with Crippen LogP contribution in [0.1, 0.15) is 43.7 Å². The van der Waals surface area contributed by atoms with E-state index in [4.69, 9.17) is 0 Å². The van der Waals surface area contributed by atoms with Crippen molar-refractivity contribution in [1.29, 1.82) is 0 Å². The van der Waals surface area contributed by atoms with Crippen molar-refractivity contribution in [2.45, 2.75) is 52.1 Å². The largest absolute Gasteiger partial charge is 0.342 e. The number of thiazole rings is 1. The van der Waals surface area contributed by atoms with Gasteiger partial charge in [-0.2, -0.15) is 0 Å². The van der Waals surface area contributed by atoms with E-state index < -0.39 is 5.54 Å². The molecule has 1 aromatic heterocycles. The summed E-state index contributed by atoms with van der Waals surface area (Å²) < 4.78 is 0. The maximum absolute atomic E-state index is 12.8. The molecule has 0 aliphatic carbocycles. The van der Waals surface area contributed by atoms with Gasteiger partial charge < -0.3 is 10.2 Å². The number of aromatic nitrogens is 1. The summed E-state index contributed by atoms with van der Waals surface area (Å²) >= 11 is 1.56. The number of amides is 2. The Hall–Kier alpha value is -1.43. The fourth-order valence-electron chi connectivity index (χ4n) is 2.55. The third-order valence-corrected chi connectivity index (χ3v) is 4.99. The molecular formula is C14H21N3O2S. The first kappa shape index (κ1) is 15.0. The van der Waals surface area contributed by atoms with Crippen LogP contribution in [0.4, 0.5) is 0 Å². The lowest BCUT2D eigenvalue weighted by atomic mass is 9.91. The fourth-order valence-corrected chi connectivity index (χ4v) is 3.35. The van der Waals surface area contributed by atoms with Crippen molar-refractivity contribution in [3.05, 3.63) is 16.1 Å². The molecule has 2 amide bonds. The van der Waals surface area contributed by atoms with Crippen molar-refractivity contribution in [1.82, 2.24) is 15.2 Å². The molecule has 1 saturated heterocycles. The number of carbonyl (C=O) groups is 2. The number of aryl methyl sites for hydroxylation is 1. The second kappa shape index (κ2) is 5.91. The SMILES string of the molecule is CCC1(CC)NC(=O)CCN(Cc2scnc2C)C1=O. The number of hydrogen-bond acceptors (Lipinski definition) is 4. The first-order chi connectivity index (χ1) is 9.52. The molecule has 0 atom stereocenters. The summed E-state index contributed by atoms with van der Waals surface area (Å²) in [4.78, 5) is 31.8. The van der Waals surface area contributed by atoms with Crippen LogP contribution in [0.15, 0.2) is 5.51 Å². The molecule has 0 saturated carbocycles. The molecule has 0 aromatic carbocycles. The lowest BCUT2D eigenvalue weighted by Crippen LogP contribution is -2.56. The van der Waals surface area contributed by atoms with Gasteiger partial charge in [0.1, 0.15) is 5.54 Å². The summed E-state index contributed by atoms with van der Waals surface area (Å²) in [7, 11) is 0. The molecule has 0 radical (unpaired) electrons. The van der Waals surface area contributed by atoms with Crippen LogP contribution < -0.4 is 5.32 Å². The van der Waals surface area contributed by atoms with Crippen LogP contribution in [-0.2, 0) is 16.1 Å². The molecule has 1 aliphatic rings. The molecule has 0 unspecified atom stereocenters. The summed E-state index contributed by atoms with van der Waals surface area (Å²) in [5.74, 6) is -0.00766. The molecule has 1 fully saturated rings. The maximum atomic E-state index is 12.8. The minimum Gasteiger partial charge on any atom is -0.342 e. The Balaban J connectivity index is 2.26. The van der Waals surface area contributed by atoms with Crippen molar-refractivity contribution >= 4 is 23.2 Å². The molecule has 1 aromatic rings. The van der Waals surface area contributed by atoms with E-state index in [1.165, 1.54) is 0 Å². The third-order valence-electron chi connectivity index (χ3n) is 4.07. The van der Waals surface area contributed by atoms with Gasteiger partial charge in [-0.05, 0) is 19.8 Å². The van der Waals surface area contributed by atoms with Gasteiger partial charge >= 0.3 is 0 Å². The van der Waals surface area contributed by atoms with Gasteiger partial charge in [0.15, 0.2) is 0 Å². The Labute approximate surface area is 123 Å². The van der Waals surface area contributed by atoms with Crippen LogP contribution in [-0.4, -0.2) is 33.8 Å². The van der Waals surface area contributed by atoms with Crippen LogP contribution in [0, 0.1) is 6.92 Å². The molecule has 0 spiro atoms. The summed E-state index contributed by atoms with van der Waals surface area (Å²) in [5, 5.41) is 2.92. The van der Waals surface area contributed by atoms with E-state index >= 15 is 0 Å². The summed E-state index contributed by atoms with van der Waals surface area (Å²) in [5.41, 5.74) is 2.01. The van der Waals surface area contributed by atoms with Crippen molar-refractivity contribution in [2.75, 3.05) is 6.54 Å². The zero-order chi connectivity index (χ0) is 14.8. The quantitative estimate of drug-likeness (QED) is 0.922. The van der Waals surface area contributed by atoms with Crippen LogP contribution in [0.5, 0.6) is 0 Å². The average molecular weight is 295 g/mol. The van der Waals surface area contributed by atoms with Crippen LogP contribution >= 0.6 is 11.3 Å². The van der Waals surface area contributed by atoms with Gasteiger partial charge in [-0.15, -0.1) is 11.3 Å². The lowest BCUT2D eigenvalue weighted by molar-refractivity contribution is -0.139. The number of hydrogen-bond donors (Lipinski definition) is 1. The third kappa shape index (κ3) is 2.70. The average Bonchev–Trinajstić information content (AvgIpc) is 2.80. The van der Waals surface area contributed by atoms with Gasteiger partial charge in [0.25, 0.3) is 0 Å². The van der Waals surface area contributed by atoms with E-state index in [0.29, 0.717) is 32.4 Å². The number of rotatable bonds is 4. The van der Waals surface area contributed by atoms with E-state index in [9.17, 15) is 9.59 Å². The molecule has 110 valence electrons. The first-order valence-corrected chi connectivity index (χ1v) is 7.89. The maximum Gasteiger partial charge on any atom is 0.248 e. The Morgan fingerprint density at radius 3 is 2.65 bits per heavy atom. The van der Waals surface area contributed by atoms with E-state index in [0.717, 1.165) is 10.6 Å². The normalized spacial score (nSPS) is 18.9. The van der Waals surface area contributed by atoms with Gasteiger partial charge in [0.05, 0.1) is 17.7 Å². The molecule has 1 N–H and O–H groups in total.